The largest absolute Gasteiger partial charge is 0.306 e. The Kier molecular flexibility index (Phi) is 4.76. The fourth-order valence-corrected chi connectivity index (χ4v) is 2.40. The number of hydrogen-bond acceptors (Lipinski definition) is 4. The molecule has 98 valence electrons. The van der Waals surface area contributed by atoms with E-state index in [9.17, 15) is 4.79 Å². The average Bonchev–Trinajstić information content (AvgIpc) is 2.61. The maximum Gasteiger partial charge on any atom is 0.251 e. The molecule has 1 unspecified atom stereocenters. The molecule has 0 bridgehead atoms. The van der Waals surface area contributed by atoms with Crippen LogP contribution in [0.15, 0.2) is 0 Å². The zero-order valence-electron chi connectivity index (χ0n) is 10.7. The van der Waals surface area contributed by atoms with Crippen LogP contribution in [0.1, 0.15) is 25.7 Å². The summed E-state index contributed by atoms with van der Waals surface area (Å²) >= 11 is 0. The Morgan fingerprint density at radius 3 is 2.71 bits per heavy atom. The lowest BCUT2D eigenvalue weighted by molar-refractivity contribution is -0.129. The Morgan fingerprint density at radius 1 is 1.18 bits per heavy atom. The van der Waals surface area contributed by atoms with Crippen molar-refractivity contribution in [1.82, 2.24) is 20.7 Å². The van der Waals surface area contributed by atoms with E-state index in [-0.39, 0.29) is 11.9 Å². The van der Waals surface area contributed by atoms with Gasteiger partial charge in [-0.25, -0.2) is 5.01 Å². The molecule has 17 heavy (non-hydrogen) atoms. The van der Waals surface area contributed by atoms with Gasteiger partial charge < -0.3 is 10.2 Å². The number of nitrogens with zero attached hydrogens (tertiary/aromatic N) is 2. The quantitative estimate of drug-likeness (QED) is 0.701. The van der Waals surface area contributed by atoms with Crippen molar-refractivity contribution in [2.24, 2.45) is 0 Å². The van der Waals surface area contributed by atoms with Gasteiger partial charge in [-0.2, -0.15) is 0 Å². The smallest absolute Gasteiger partial charge is 0.251 e. The molecule has 1 amide bonds. The molecule has 5 heteroatoms. The number of nitrogens with one attached hydrogen (secondary N) is 2. The molecule has 0 aromatic rings. The van der Waals surface area contributed by atoms with Crippen molar-refractivity contribution < 1.29 is 4.79 Å². The van der Waals surface area contributed by atoms with E-state index in [4.69, 9.17) is 0 Å². The minimum absolute atomic E-state index is 0.0113. The second kappa shape index (κ2) is 6.33. The van der Waals surface area contributed by atoms with Gasteiger partial charge in [0.25, 0.3) is 5.91 Å². The van der Waals surface area contributed by atoms with Gasteiger partial charge in [0.05, 0.1) is 6.04 Å². The molecular weight excluding hydrogens is 216 g/mol. The monoisotopic (exact) mass is 240 g/mol. The van der Waals surface area contributed by atoms with Gasteiger partial charge in [0.15, 0.2) is 0 Å². The van der Waals surface area contributed by atoms with Gasteiger partial charge in [0.1, 0.15) is 0 Å². The Labute approximate surface area is 103 Å². The third-order valence-corrected chi connectivity index (χ3v) is 3.65. The molecule has 2 aliphatic rings. The van der Waals surface area contributed by atoms with Gasteiger partial charge in [0, 0.05) is 26.2 Å². The first-order valence-electron chi connectivity index (χ1n) is 6.73. The second-order valence-electron chi connectivity index (χ2n) is 5.12. The molecule has 0 saturated carbocycles. The lowest BCUT2D eigenvalue weighted by atomic mass is 10.1. The van der Waals surface area contributed by atoms with Crippen LogP contribution in [-0.2, 0) is 4.79 Å². The number of likely N-dealkylation sites (N-methyl/N-ethyl adjacent to an activating group) is 1. The molecule has 1 atom stereocenters. The predicted octanol–water partition coefficient (Wildman–Crippen LogP) is -0.203. The van der Waals surface area contributed by atoms with E-state index in [1.807, 2.05) is 0 Å². The molecule has 2 N–H and O–H groups in total. The van der Waals surface area contributed by atoms with E-state index in [0.29, 0.717) is 0 Å². The zero-order valence-corrected chi connectivity index (χ0v) is 10.7. The van der Waals surface area contributed by atoms with Crippen LogP contribution >= 0.6 is 0 Å². The fourth-order valence-electron chi connectivity index (χ4n) is 2.40. The number of amides is 1. The lowest BCUT2D eigenvalue weighted by Crippen LogP contribution is -2.56. The summed E-state index contributed by atoms with van der Waals surface area (Å²) in [6.07, 6.45) is 4.57. The van der Waals surface area contributed by atoms with Crippen molar-refractivity contribution in [1.29, 1.82) is 0 Å². The summed E-state index contributed by atoms with van der Waals surface area (Å²) in [6.45, 7) is 4.88. The first-order valence-corrected chi connectivity index (χ1v) is 6.73. The molecule has 0 aromatic carbocycles. The van der Waals surface area contributed by atoms with Crippen molar-refractivity contribution in [3.05, 3.63) is 0 Å². The van der Waals surface area contributed by atoms with Crippen molar-refractivity contribution in [3.8, 4) is 0 Å². The van der Waals surface area contributed by atoms with Crippen LogP contribution in [0.5, 0.6) is 0 Å². The van der Waals surface area contributed by atoms with E-state index in [1.165, 1.54) is 12.8 Å². The first kappa shape index (κ1) is 12.8. The standard InChI is InChI=1S/C12H24N4O/c1-15-7-9-16(10-8-15)14-12(17)11-5-3-2-4-6-13-11/h11,13H,2-10H2,1H3,(H,14,17). The van der Waals surface area contributed by atoms with Crippen LogP contribution in [0, 0.1) is 0 Å². The topological polar surface area (TPSA) is 47.6 Å². The first-order chi connectivity index (χ1) is 8.25. The summed E-state index contributed by atoms with van der Waals surface area (Å²) in [7, 11) is 2.12. The SMILES string of the molecule is CN1CCN(NC(=O)C2CCCCCN2)CC1. The highest BCUT2D eigenvalue weighted by Crippen LogP contribution is 2.08. The highest BCUT2D eigenvalue weighted by molar-refractivity contribution is 5.81. The summed E-state index contributed by atoms with van der Waals surface area (Å²) in [4.78, 5) is 14.4. The van der Waals surface area contributed by atoms with Crippen LogP contribution in [0.4, 0.5) is 0 Å². The predicted molar refractivity (Wildman–Crippen MR) is 67.5 cm³/mol. The maximum absolute atomic E-state index is 12.1. The van der Waals surface area contributed by atoms with Crippen molar-refractivity contribution in [3.63, 3.8) is 0 Å². The van der Waals surface area contributed by atoms with E-state index >= 15 is 0 Å². The molecule has 0 aliphatic carbocycles. The summed E-state index contributed by atoms with van der Waals surface area (Å²) < 4.78 is 0. The highest BCUT2D eigenvalue weighted by Gasteiger charge is 2.22. The number of rotatable bonds is 2. The number of carbonyl (C=O) groups excluding carboxylic acids is 1. The van der Waals surface area contributed by atoms with Crippen LogP contribution < -0.4 is 10.7 Å². The minimum Gasteiger partial charge on any atom is -0.306 e. The molecule has 0 radical (unpaired) electrons. The minimum atomic E-state index is 0.0113. The molecule has 0 aromatic heterocycles. The third kappa shape index (κ3) is 3.94. The average molecular weight is 240 g/mol. The Morgan fingerprint density at radius 2 is 1.94 bits per heavy atom. The van der Waals surface area contributed by atoms with Crippen LogP contribution in [0.3, 0.4) is 0 Å². The Hall–Kier alpha value is -0.650. The highest BCUT2D eigenvalue weighted by atomic mass is 16.2. The van der Waals surface area contributed by atoms with Crippen LogP contribution in [0.2, 0.25) is 0 Å². The van der Waals surface area contributed by atoms with Gasteiger partial charge in [-0.3, -0.25) is 10.2 Å². The van der Waals surface area contributed by atoms with Crippen molar-refractivity contribution in [2.45, 2.75) is 31.7 Å². The normalized spacial score (nSPS) is 28.6. The number of carbonyl (C=O) groups is 1. The van der Waals surface area contributed by atoms with Gasteiger partial charge >= 0.3 is 0 Å². The van der Waals surface area contributed by atoms with Crippen molar-refractivity contribution in [2.75, 3.05) is 39.8 Å². The number of hydrogen-bond donors (Lipinski definition) is 2. The number of hydrazine groups is 1. The maximum atomic E-state index is 12.1. The van der Waals surface area contributed by atoms with E-state index in [2.05, 4.69) is 27.7 Å². The molecule has 2 heterocycles. The molecular formula is C12H24N4O. The summed E-state index contributed by atoms with van der Waals surface area (Å²) in [5, 5.41) is 5.38. The van der Waals surface area contributed by atoms with Gasteiger partial charge in [-0.15, -0.1) is 0 Å². The molecule has 5 nitrogen and oxygen atoms in total. The van der Waals surface area contributed by atoms with E-state index in [0.717, 1.165) is 45.6 Å². The molecule has 2 saturated heterocycles. The van der Waals surface area contributed by atoms with Crippen LogP contribution in [0.25, 0.3) is 0 Å². The van der Waals surface area contributed by atoms with E-state index in [1.54, 1.807) is 0 Å². The molecule has 2 aliphatic heterocycles. The van der Waals surface area contributed by atoms with E-state index < -0.39 is 0 Å². The van der Waals surface area contributed by atoms with Gasteiger partial charge in [-0.1, -0.05) is 12.8 Å². The fraction of sp³-hybridized carbons (Fsp3) is 0.917. The van der Waals surface area contributed by atoms with Crippen LogP contribution in [-0.4, -0.2) is 61.6 Å². The number of piperazine rings is 1. The molecule has 2 fully saturated rings. The van der Waals surface area contributed by atoms with Crippen molar-refractivity contribution >= 4 is 5.91 Å². The third-order valence-electron chi connectivity index (χ3n) is 3.65. The summed E-state index contributed by atoms with van der Waals surface area (Å²) in [5.74, 6) is 0.149. The summed E-state index contributed by atoms with van der Waals surface area (Å²) in [6, 6.07) is 0.0113. The molecule has 2 rings (SSSR count). The van der Waals surface area contributed by atoms with Gasteiger partial charge in [0.2, 0.25) is 0 Å². The second-order valence-corrected chi connectivity index (χ2v) is 5.12. The Balaban J connectivity index is 1.75. The lowest BCUT2D eigenvalue weighted by Gasteiger charge is -2.33. The zero-order chi connectivity index (χ0) is 12.1. The molecule has 0 spiro atoms. The van der Waals surface area contributed by atoms with Gasteiger partial charge in [-0.05, 0) is 26.4 Å². The summed E-state index contributed by atoms with van der Waals surface area (Å²) in [5.41, 5.74) is 3.04. The Bertz CT molecular complexity index is 243.